The molecular weight excluding hydrogens is 997 g/mol. The Morgan fingerprint density at radius 3 is 0.493 bits per heavy atom. The van der Waals surface area contributed by atoms with Crippen molar-refractivity contribution in [1.82, 2.24) is 57.9 Å². The van der Waals surface area contributed by atoms with Crippen molar-refractivity contribution in [2.24, 2.45) is 21.1 Å². The van der Waals surface area contributed by atoms with Gasteiger partial charge in [0.15, 0.2) is 0 Å². The number of aryl methyl sites for hydroxylation is 18. The number of rotatable bonds is 0. The fraction of sp³-hybridized carbons (Fsp3) is 0.526. The number of hydrogen-bond acceptors (Lipinski definition) is 15. The van der Waals surface area contributed by atoms with E-state index in [0.717, 1.165) is 68.1 Å². The quantitative estimate of drug-likeness (QED) is 0.141. The van der Waals surface area contributed by atoms with Gasteiger partial charge in [0, 0.05) is 69.5 Å². The van der Waals surface area contributed by atoms with Crippen LogP contribution in [0.15, 0.2) is 13.6 Å². The minimum atomic E-state index is 0.919. The second kappa shape index (κ2) is 31.3. The van der Waals surface area contributed by atoms with Crippen LogP contribution in [0.4, 0.5) is 0 Å². The molecule has 0 unspecified atom stereocenters. The third kappa shape index (κ3) is 20.7. The molecule has 414 valence electrons. The summed E-state index contributed by atoms with van der Waals surface area (Å²) < 4.78 is 32.7. The van der Waals surface area contributed by atoms with E-state index in [1.807, 2.05) is 139 Å². The highest BCUT2D eigenvalue weighted by atomic mass is 32.1. The fourth-order valence-electron chi connectivity index (χ4n) is 5.81. The van der Waals surface area contributed by atoms with E-state index in [1.54, 1.807) is 34.6 Å². The third-order valence-electron chi connectivity index (χ3n) is 14.0. The summed E-state index contributed by atoms with van der Waals surface area (Å²) in [6, 6.07) is 0. The molecule has 9 heterocycles. The van der Waals surface area contributed by atoms with E-state index in [2.05, 4.69) is 127 Å². The Balaban J connectivity index is 0.000000422. The predicted molar refractivity (Wildman–Crippen MR) is 313 cm³/mol. The SMILES string of the molecule is Cc1nn(C)c(C)c1C.Cc1nn(C)c(C)c1C.Cc1nn(C)c(C)c1C.Cc1noc(C)c1C.Cc1noc(C)c1C.Cc1noc(C)c1C.Cc1nsc(C)c1C.Cc1nsc(C)c1C.Cc1nsc(C)c1C. The second-order valence-electron chi connectivity index (χ2n) is 19.0. The van der Waals surface area contributed by atoms with Gasteiger partial charge in [-0.05, 0) is 255 Å². The Morgan fingerprint density at radius 2 is 0.453 bits per heavy atom. The van der Waals surface area contributed by atoms with Crippen LogP contribution in [0.5, 0.6) is 0 Å². The Kier molecular flexibility index (Phi) is 28.0. The van der Waals surface area contributed by atoms with Crippen molar-refractivity contribution in [3.63, 3.8) is 0 Å². The van der Waals surface area contributed by atoms with E-state index in [-0.39, 0.29) is 0 Å². The monoisotopic (exact) mass is 1090 g/mol. The van der Waals surface area contributed by atoms with Gasteiger partial charge < -0.3 is 13.6 Å². The molecule has 0 aliphatic carbocycles. The summed E-state index contributed by atoms with van der Waals surface area (Å²) in [7, 11) is 5.90. The maximum absolute atomic E-state index is 4.84. The van der Waals surface area contributed by atoms with E-state index in [4.69, 9.17) is 13.6 Å². The second-order valence-corrected chi connectivity index (χ2v) is 21.9. The van der Waals surface area contributed by atoms with Crippen LogP contribution in [0, 0.1) is 187 Å². The molecule has 18 heteroatoms. The molecule has 75 heavy (non-hydrogen) atoms. The van der Waals surface area contributed by atoms with Gasteiger partial charge in [0.1, 0.15) is 17.3 Å². The normalized spacial score (nSPS) is 10.0. The molecule has 0 fully saturated rings. The summed E-state index contributed by atoms with van der Waals surface area (Å²) >= 11 is 4.74. The number of aromatic nitrogens is 12. The van der Waals surface area contributed by atoms with Crippen molar-refractivity contribution in [3.05, 3.63) is 150 Å². The maximum atomic E-state index is 4.84. The van der Waals surface area contributed by atoms with Crippen LogP contribution in [0.25, 0.3) is 0 Å². The molecule has 0 aliphatic heterocycles. The van der Waals surface area contributed by atoms with Gasteiger partial charge in [0.25, 0.3) is 0 Å². The van der Waals surface area contributed by atoms with Crippen LogP contribution in [-0.4, -0.2) is 57.9 Å². The van der Waals surface area contributed by atoms with Crippen molar-refractivity contribution < 1.29 is 13.6 Å². The number of nitrogens with zero attached hydrogens (tertiary/aromatic N) is 12. The van der Waals surface area contributed by atoms with Crippen molar-refractivity contribution in [3.8, 4) is 0 Å². The molecule has 0 saturated heterocycles. The molecule has 0 radical (unpaired) electrons. The van der Waals surface area contributed by atoms with Crippen LogP contribution in [0.2, 0.25) is 0 Å². The molecule has 0 saturated carbocycles. The Morgan fingerprint density at radius 1 is 0.253 bits per heavy atom. The molecule has 0 aliphatic rings. The van der Waals surface area contributed by atoms with Gasteiger partial charge in [0.2, 0.25) is 0 Å². The van der Waals surface area contributed by atoms with Crippen molar-refractivity contribution in [2.75, 3.05) is 0 Å². The van der Waals surface area contributed by atoms with Crippen molar-refractivity contribution in [2.45, 2.75) is 187 Å². The minimum Gasteiger partial charge on any atom is -0.361 e. The smallest absolute Gasteiger partial charge is 0.136 e. The van der Waals surface area contributed by atoms with Crippen molar-refractivity contribution in [1.29, 1.82) is 0 Å². The predicted octanol–water partition coefficient (Wildman–Crippen LogP) is 15.0. The molecule has 0 aromatic carbocycles. The largest absolute Gasteiger partial charge is 0.361 e. The average Bonchev–Trinajstić information content (AvgIpc) is 4.27. The third-order valence-corrected chi connectivity index (χ3v) is 16.8. The minimum absolute atomic E-state index is 0.919. The van der Waals surface area contributed by atoms with Gasteiger partial charge in [-0.3, -0.25) is 14.0 Å². The summed E-state index contributed by atoms with van der Waals surface area (Å²) in [6.45, 7) is 54.9. The molecule has 0 spiro atoms. The zero-order valence-electron chi connectivity index (χ0n) is 51.3. The topological polar surface area (TPSA) is 170 Å². The van der Waals surface area contributed by atoms with Crippen LogP contribution in [0.3, 0.4) is 0 Å². The molecule has 0 atom stereocenters. The van der Waals surface area contributed by atoms with Crippen molar-refractivity contribution >= 4 is 34.6 Å². The fourth-order valence-corrected chi connectivity index (χ4v) is 7.90. The number of hydrogen-bond donors (Lipinski definition) is 0. The summed E-state index contributed by atoms with van der Waals surface area (Å²) in [5, 5.41) is 23.9. The van der Waals surface area contributed by atoms with Gasteiger partial charge in [0.05, 0.1) is 51.2 Å². The molecule has 0 N–H and O–H groups in total. The molecule has 0 bridgehead atoms. The lowest BCUT2D eigenvalue weighted by atomic mass is 10.2. The Hall–Kier alpha value is -5.85. The summed E-state index contributed by atoms with van der Waals surface area (Å²) in [6.07, 6.45) is 0. The average molecular weight is 1090 g/mol. The first-order valence-corrected chi connectivity index (χ1v) is 27.3. The maximum Gasteiger partial charge on any atom is 0.136 e. The van der Waals surface area contributed by atoms with Gasteiger partial charge in [-0.1, -0.05) is 15.5 Å². The van der Waals surface area contributed by atoms with Gasteiger partial charge in [-0.2, -0.15) is 28.4 Å². The Bertz CT molecular complexity index is 2490. The lowest BCUT2D eigenvalue weighted by molar-refractivity contribution is 0.392. The zero-order chi connectivity index (χ0) is 57.9. The molecule has 9 aromatic rings. The molecule has 9 aromatic heterocycles. The summed E-state index contributed by atoms with van der Waals surface area (Å²) in [4.78, 5) is 4.01. The van der Waals surface area contributed by atoms with E-state index >= 15 is 0 Å². The van der Waals surface area contributed by atoms with Gasteiger partial charge in [-0.15, -0.1) is 0 Å². The van der Waals surface area contributed by atoms with Crippen LogP contribution in [-0.2, 0) is 21.1 Å². The lowest BCUT2D eigenvalue weighted by Crippen LogP contribution is -1.92. The standard InChI is InChI=1S/3C7H12N2.3C6H9NO.3C6H9NS/c3*1-5-6(2)8-9(4)7(5)3;6*1-4-5(2)7-8-6(4)3/h3*1-4H3;6*1-3H3. The van der Waals surface area contributed by atoms with E-state index in [1.165, 1.54) is 82.2 Å². The first kappa shape index (κ1) is 67.2. The molecule has 15 nitrogen and oxygen atoms in total. The van der Waals surface area contributed by atoms with Crippen LogP contribution >= 0.6 is 34.6 Å². The van der Waals surface area contributed by atoms with Gasteiger partial charge in [-0.25, -0.2) is 0 Å². The van der Waals surface area contributed by atoms with E-state index in [9.17, 15) is 0 Å². The molecule has 0 amide bonds. The van der Waals surface area contributed by atoms with E-state index in [0.29, 0.717) is 0 Å². The highest BCUT2D eigenvalue weighted by molar-refractivity contribution is 7.06. The highest BCUT2D eigenvalue weighted by Gasteiger charge is 2.06. The first-order valence-electron chi connectivity index (χ1n) is 24.9. The molecular formula is C57H90N12O3S3. The van der Waals surface area contributed by atoms with Crippen LogP contribution in [0.1, 0.15) is 150 Å². The lowest BCUT2D eigenvalue weighted by Gasteiger charge is -1.90. The summed E-state index contributed by atoms with van der Waals surface area (Å²) in [5.74, 6) is 2.76. The van der Waals surface area contributed by atoms with Crippen LogP contribution < -0.4 is 0 Å². The Labute approximate surface area is 462 Å². The van der Waals surface area contributed by atoms with Gasteiger partial charge >= 0.3 is 0 Å². The first-order chi connectivity index (χ1) is 34.7. The highest BCUT2D eigenvalue weighted by Crippen LogP contribution is 2.17. The molecule has 9 rings (SSSR count). The van der Waals surface area contributed by atoms with E-state index < -0.39 is 0 Å². The summed E-state index contributed by atoms with van der Waals surface area (Å²) in [5.41, 5.74) is 25.1. The zero-order valence-corrected chi connectivity index (χ0v) is 53.8.